The Morgan fingerprint density at radius 3 is 2.46 bits per heavy atom. The lowest BCUT2D eigenvalue weighted by Gasteiger charge is -2.44. The highest BCUT2D eigenvalue weighted by atomic mass is 16.5. The fraction of sp³-hybridized carbons (Fsp3) is 1.00. The Hall–Kier alpha value is -0.120. The predicted octanol–water partition coefficient (Wildman–Crippen LogP) is 0.789. The smallest absolute Gasteiger partial charge is 0.0903 e. The van der Waals surface area contributed by atoms with E-state index in [9.17, 15) is 10.2 Å². The first-order chi connectivity index (χ1) is 5.86. The third-order valence-electron chi connectivity index (χ3n) is 3.05. The van der Waals surface area contributed by atoms with Crippen molar-refractivity contribution in [2.24, 2.45) is 11.8 Å². The SMILES string of the molecule is CC(C)[C@H]1OCC(C)(O)[C@H](C)C1O. The van der Waals surface area contributed by atoms with Crippen LogP contribution in [0.3, 0.4) is 0 Å². The number of hydrogen-bond acceptors (Lipinski definition) is 3. The standard InChI is InChI=1S/C10H20O3/c1-6(2)9-8(11)7(3)10(4,12)5-13-9/h6-9,11-12H,5H2,1-4H3/t7-,8?,9-,10?/m1/s1. The fourth-order valence-electron chi connectivity index (χ4n) is 1.73. The normalized spacial score (nSPS) is 46.8. The quantitative estimate of drug-likeness (QED) is 0.639. The van der Waals surface area contributed by atoms with Crippen molar-refractivity contribution in [3.8, 4) is 0 Å². The number of ether oxygens (including phenoxy) is 1. The van der Waals surface area contributed by atoms with Gasteiger partial charge in [-0.2, -0.15) is 0 Å². The molecule has 4 atom stereocenters. The first kappa shape index (κ1) is 11.0. The number of aliphatic hydroxyl groups is 2. The van der Waals surface area contributed by atoms with Crippen LogP contribution in [-0.2, 0) is 4.74 Å². The Morgan fingerprint density at radius 1 is 1.46 bits per heavy atom. The molecule has 0 aliphatic carbocycles. The van der Waals surface area contributed by atoms with Crippen molar-refractivity contribution in [1.82, 2.24) is 0 Å². The molecule has 0 saturated carbocycles. The van der Waals surface area contributed by atoms with E-state index in [0.717, 1.165) is 0 Å². The molecule has 0 aromatic heterocycles. The van der Waals surface area contributed by atoms with Gasteiger partial charge in [-0.3, -0.25) is 0 Å². The highest BCUT2D eigenvalue weighted by Gasteiger charge is 2.43. The first-order valence-corrected chi connectivity index (χ1v) is 4.88. The summed E-state index contributed by atoms with van der Waals surface area (Å²) in [6.45, 7) is 7.91. The Kier molecular flexibility index (Phi) is 3.00. The van der Waals surface area contributed by atoms with Gasteiger partial charge < -0.3 is 14.9 Å². The van der Waals surface area contributed by atoms with Gasteiger partial charge in [0.25, 0.3) is 0 Å². The van der Waals surface area contributed by atoms with E-state index >= 15 is 0 Å². The molecule has 0 radical (unpaired) electrons. The zero-order chi connectivity index (χ0) is 10.2. The Balaban J connectivity index is 2.70. The van der Waals surface area contributed by atoms with Crippen molar-refractivity contribution in [3.05, 3.63) is 0 Å². The van der Waals surface area contributed by atoms with Crippen molar-refractivity contribution in [1.29, 1.82) is 0 Å². The second-order valence-electron chi connectivity index (χ2n) is 4.66. The van der Waals surface area contributed by atoms with Crippen LogP contribution in [0.5, 0.6) is 0 Å². The largest absolute Gasteiger partial charge is 0.390 e. The molecule has 3 nitrogen and oxygen atoms in total. The van der Waals surface area contributed by atoms with Gasteiger partial charge in [-0.1, -0.05) is 20.8 Å². The van der Waals surface area contributed by atoms with Gasteiger partial charge in [-0.15, -0.1) is 0 Å². The van der Waals surface area contributed by atoms with Crippen LogP contribution in [0.25, 0.3) is 0 Å². The molecule has 1 fully saturated rings. The van der Waals surface area contributed by atoms with Gasteiger partial charge in [0, 0.05) is 5.92 Å². The van der Waals surface area contributed by atoms with Crippen LogP contribution in [0.15, 0.2) is 0 Å². The number of aliphatic hydroxyl groups excluding tert-OH is 1. The third kappa shape index (κ3) is 2.03. The minimum absolute atomic E-state index is 0.131. The Morgan fingerprint density at radius 2 is 2.00 bits per heavy atom. The molecule has 0 amide bonds. The molecular weight excluding hydrogens is 168 g/mol. The molecule has 78 valence electrons. The van der Waals surface area contributed by atoms with E-state index in [4.69, 9.17) is 4.74 Å². The number of rotatable bonds is 1. The van der Waals surface area contributed by atoms with Crippen LogP contribution in [0, 0.1) is 11.8 Å². The molecule has 13 heavy (non-hydrogen) atoms. The van der Waals surface area contributed by atoms with E-state index in [-0.39, 0.29) is 17.9 Å². The van der Waals surface area contributed by atoms with Crippen molar-refractivity contribution >= 4 is 0 Å². The molecule has 0 spiro atoms. The van der Waals surface area contributed by atoms with E-state index in [2.05, 4.69) is 0 Å². The van der Waals surface area contributed by atoms with Crippen LogP contribution >= 0.6 is 0 Å². The molecule has 2 N–H and O–H groups in total. The minimum atomic E-state index is -0.898. The van der Waals surface area contributed by atoms with E-state index in [0.29, 0.717) is 6.61 Å². The average molecular weight is 188 g/mol. The van der Waals surface area contributed by atoms with Crippen LogP contribution in [0.2, 0.25) is 0 Å². The second-order valence-corrected chi connectivity index (χ2v) is 4.66. The topological polar surface area (TPSA) is 49.7 Å². The maximum absolute atomic E-state index is 9.86. The van der Waals surface area contributed by atoms with Gasteiger partial charge in [-0.05, 0) is 12.8 Å². The van der Waals surface area contributed by atoms with Crippen molar-refractivity contribution in [2.75, 3.05) is 6.61 Å². The van der Waals surface area contributed by atoms with Crippen molar-refractivity contribution < 1.29 is 14.9 Å². The van der Waals surface area contributed by atoms with E-state index in [1.165, 1.54) is 0 Å². The van der Waals surface area contributed by atoms with E-state index in [1.54, 1.807) is 6.92 Å². The zero-order valence-corrected chi connectivity index (χ0v) is 8.82. The molecule has 1 heterocycles. The Bertz CT molecular complexity index is 175. The van der Waals surface area contributed by atoms with Crippen LogP contribution < -0.4 is 0 Å². The molecule has 1 rings (SSSR count). The van der Waals surface area contributed by atoms with Gasteiger partial charge >= 0.3 is 0 Å². The Labute approximate surface area is 79.7 Å². The highest BCUT2D eigenvalue weighted by molar-refractivity contribution is 4.93. The molecular formula is C10H20O3. The predicted molar refractivity (Wildman–Crippen MR) is 50.4 cm³/mol. The minimum Gasteiger partial charge on any atom is -0.390 e. The maximum Gasteiger partial charge on any atom is 0.0903 e. The zero-order valence-electron chi connectivity index (χ0n) is 8.82. The second kappa shape index (κ2) is 3.56. The van der Waals surface area contributed by atoms with Crippen LogP contribution in [0.1, 0.15) is 27.7 Å². The van der Waals surface area contributed by atoms with Gasteiger partial charge in [0.05, 0.1) is 24.4 Å². The molecule has 1 saturated heterocycles. The molecule has 1 aliphatic heterocycles. The molecule has 0 aromatic carbocycles. The fourth-order valence-corrected chi connectivity index (χ4v) is 1.73. The summed E-state index contributed by atoms with van der Waals surface area (Å²) in [5, 5.41) is 19.7. The molecule has 0 bridgehead atoms. The van der Waals surface area contributed by atoms with Gasteiger partial charge in [0.2, 0.25) is 0 Å². The number of hydrogen-bond donors (Lipinski definition) is 2. The van der Waals surface area contributed by atoms with Gasteiger partial charge in [-0.25, -0.2) is 0 Å². The average Bonchev–Trinajstić information content (AvgIpc) is 2.00. The lowest BCUT2D eigenvalue weighted by Crippen LogP contribution is -2.56. The lowest BCUT2D eigenvalue weighted by molar-refractivity contribution is -0.207. The lowest BCUT2D eigenvalue weighted by atomic mass is 9.79. The molecule has 0 aromatic rings. The monoisotopic (exact) mass is 188 g/mol. The summed E-state index contributed by atoms with van der Waals surface area (Å²) in [4.78, 5) is 0. The summed E-state index contributed by atoms with van der Waals surface area (Å²) in [5.74, 6) is 0.155. The summed E-state index contributed by atoms with van der Waals surface area (Å²) in [6.07, 6.45) is -0.709. The van der Waals surface area contributed by atoms with Crippen molar-refractivity contribution in [2.45, 2.75) is 45.5 Å². The van der Waals surface area contributed by atoms with Crippen molar-refractivity contribution in [3.63, 3.8) is 0 Å². The summed E-state index contributed by atoms with van der Waals surface area (Å²) < 4.78 is 5.44. The van der Waals surface area contributed by atoms with Crippen LogP contribution in [0.4, 0.5) is 0 Å². The summed E-state index contributed by atoms with van der Waals surface area (Å²) in [5.41, 5.74) is -0.898. The summed E-state index contributed by atoms with van der Waals surface area (Å²) >= 11 is 0. The van der Waals surface area contributed by atoms with E-state index in [1.807, 2.05) is 20.8 Å². The molecule has 2 unspecified atom stereocenters. The summed E-state index contributed by atoms with van der Waals surface area (Å²) in [6, 6.07) is 0. The third-order valence-corrected chi connectivity index (χ3v) is 3.05. The maximum atomic E-state index is 9.86. The van der Waals surface area contributed by atoms with Crippen LogP contribution in [-0.4, -0.2) is 34.6 Å². The van der Waals surface area contributed by atoms with E-state index < -0.39 is 11.7 Å². The van der Waals surface area contributed by atoms with Gasteiger partial charge in [0.15, 0.2) is 0 Å². The van der Waals surface area contributed by atoms with Gasteiger partial charge in [0.1, 0.15) is 0 Å². The molecule has 1 aliphatic rings. The summed E-state index contributed by atoms with van der Waals surface area (Å²) in [7, 11) is 0. The highest BCUT2D eigenvalue weighted by Crippen LogP contribution is 2.31. The first-order valence-electron chi connectivity index (χ1n) is 4.88. The molecule has 3 heteroatoms.